The summed E-state index contributed by atoms with van der Waals surface area (Å²) in [5, 5.41) is 0.531. The Bertz CT molecular complexity index is 1190. The number of ether oxygens (including phenoxy) is 1. The summed E-state index contributed by atoms with van der Waals surface area (Å²) < 4.78 is 7.76. The number of carbonyl (C=O) groups excluding carboxylic acids is 3. The maximum absolute atomic E-state index is 12.5. The Hall–Kier alpha value is -2.91. The van der Waals surface area contributed by atoms with Gasteiger partial charge < -0.3 is 9.30 Å². The topological polar surface area (TPSA) is 81.5 Å². The maximum atomic E-state index is 12.5. The average Bonchev–Trinajstić information content (AvgIpc) is 3.27. The third-order valence-electron chi connectivity index (χ3n) is 4.47. The molecule has 0 spiro atoms. The van der Waals surface area contributed by atoms with Gasteiger partial charge in [0, 0.05) is 27.9 Å². The van der Waals surface area contributed by atoms with Crippen molar-refractivity contribution in [1.82, 2.24) is 14.5 Å². The number of esters is 1. The quantitative estimate of drug-likeness (QED) is 0.393. The third kappa shape index (κ3) is 3.90. The van der Waals surface area contributed by atoms with Crippen molar-refractivity contribution in [2.45, 2.75) is 6.92 Å². The second kappa shape index (κ2) is 8.45. The van der Waals surface area contributed by atoms with Crippen LogP contribution in [0.1, 0.15) is 12.5 Å². The first-order valence-corrected chi connectivity index (χ1v) is 10.7. The molecular formula is C21H16BrN3O4S. The lowest BCUT2D eigenvalue weighted by Crippen LogP contribution is -2.34. The highest BCUT2D eigenvalue weighted by atomic mass is 79.9. The molecule has 4 rings (SSSR count). The highest BCUT2D eigenvalue weighted by Gasteiger charge is 2.36. The van der Waals surface area contributed by atoms with Crippen molar-refractivity contribution in [3.8, 4) is 5.69 Å². The van der Waals surface area contributed by atoms with Crippen LogP contribution in [-0.4, -0.2) is 44.7 Å². The predicted molar refractivity (Wildman–Crippen MR) is 118 cm³/mol. The molecular weight excluding hydrogens is 470 g/mol. The summed E-state index contributed by atoms with van der Waals surface area (Å²) >= 11 is 4.34. The Labute approximate surface area is 184 Å². The highest BCUT2D eigenvalue weighted by Crippen LogP contribution is 2.32. The maximum Gasteiger partial charge on any atom is 0.326 e. The number of imide groups is 1. The molecule has 0 aliphatic carbocycles. The van der Waals surface area contributed by atoms with E-state index in [0.717, 1.165) is 43.4 Å². The number of aromatic nitrogens is 2. The summed E-state index contributed by atoms with van der Waals surface area (Å²) in [6.07, 6.45) is 5.32. The Morgan fingerprint density at radius 3 is 2.70 bits per heavy atom. The molecule has 1 aliphatic heterocycles. The van der Waals surface area contributed by atoms with E-state index in [1.165, 1.54) is 0 Å². The van der Waals surface area contributed by atoms with Crippen molar-refractivity contribution in [3.63, 3.8) is 0 Å². The molecule has 1 aliphatic rings. The number of thioether (sulfide) groups is 1. The first-order valence-electron chi connectivity index (χ1n) is 9.11. The second-order valence-electron chi connectivity index (χ2n) is 6.38. The molecule has 0 N–H and O–H groups in total. The number of nitrogens with zero attached hydrogens (tertiary/aromatic N) is 3. The highest BCUT2D eigenvalue weighted by molar-refractivity contribution is 9.10. The van der Waals surface area contributed by atoms with Crippen molar-refractivity contribution < 1.29 is 19.1 Å². The molecule has 1 aromatic carbocycles. The molecule has 0 unspecified atom stereocenters. The molecule has 2 aromatic heterocycles. The van der Waals surface area contributed by atoms with Crippen LogP contribution >= 0.6 is 27.7 Å². The van der Waals surface area contributed by atoms with Gasteiger partial charge in [0.25, 0.3) is 11.1 Å². The van der Waals surface area contributed by atoms with E-state index in [2.05, 4.69) is 20.9 Å². The van der Waals surface area contributed by atoms with Crippen molar-refractivity contribution >= 4 is 61.9 Å². The largest absolute Gasteiger partial charge is 0.465 e. The minimum Gasteiger partial charge on any atom is -0.465 e. The van der Waals surface area contributed by atoms with Crippen LogP contribution in [0.3, 0.4) is 0 Å². The van der Waals surface area contributed by atoms with Crippen LogP contribution in [0.4, 0.5) is 4.79 Å². The number of amides is 2. The number of carbonyl (C=O) groups is 3. The zero-order valence-corrected chi connectivity index (χ0v) is 18.3. The van der Waals surface area contributed by atoms with Gasteiger partial charge in [-0.15, -0.1) is 0 Å². The predicted octanol–water partition coefficient (Wildman–Crippen LogP) is 4.39. The van der Waals surface area contributed by atoms with Gasteiger partial charge in [-0.1, -0.05) is 12.1 Å². The molecule has 0 atom stereocenters. The average molecular weight is 486 g/mol. The van der Waals surface area contributed by atoms with Gasteiger partial charge in [0.1, 0.15) is 12.2 Å². The fraction of sp³-hybridized carbons (Fsp3) is 0.143. The van der Waals surface area contributed by atoms with Gasteiger partial charge >= 0.3 is 5.97 Å². The lowest BCUT2D eigenvalue weighted by Gasteiger charge is -2.10. The van der Waals surface area contributed by atoms with E-state index < -0.39 is 17.1 Å². The fourth-order valence-corrected chi connectivity index (χ4v) is 4.33. The summed E-state index contributed by atoms with van der Waals surface area (Å²) in [5.74, 6) is -1.10. The molecule has 3 heterocycles. The molecule has 1 saturated heterocycles. The van der Waals surface area contributed by atoms with Crippen LogP contribution in [0.5, 0.6) is 0 Å². The zero-order valence-electron chi connectivity index (χ0n) is 15.9. The lowest BCUT2D eigenvalue weighted by atomic mass is 10.2. The Balaban J connectivity index is 1.55. The van der Waals surface area contributed by atoms with E-state index in [9.17, 15) is 14.4 Å². The molecule has 1 fully saturated rings. The van der Waals surface area contributed by atoms with Gasteiger partial charge in [-0.05, 0) is 70.5 Å². The van der Waals surface area contributed by atoms with Gasteiger partial charge in [0.2, 0.25) is 0 Å². The fourth-order valence-electron chi connectivity index (χ4n) is 3.07. The van der Waals surface area contributed by atoms with Crippen LogP contribution in [0.15, 0.2) is 58.2 Å². The normalized spacial score (nSPS) is 15.4. The lowest BCUT2D eigenvalue weighted by molar-refractivity contribution is -0.145. The van der Waals surface area contributed by atoms with Gasteiger partial charge in [0.05, 0.1) is 11.5 Å². The minimum absolute atomic E-state index is 0.195. The van der Waals surface area contributed by atoms with Crippen LogP contribution < -0.4 is 0 Å². The van der Waals surface area contributed by atoms with Crippen molar-refractivity contribution in [2.75, 3.05) is 13.2 Å². The molecule has 152 valence electrons. The minimum atomic E-state index is -0.607. The standard InChI is InChI=1S/C21H16BrN3O4S/c1-2-29-18(26)12-25-20(27)17(30-21(25)28)11-13-3-5-14(6-4-13)24-10-8-15-16(22)7-9-23-19(15)24/h3-11H,2,12H2,1H3/b17-11+. The van der Waals surface area contributed by atoms with Gasteiger partial charge in [-0.3, -0.25) is 19.3 Å². The number of pyridine rings is 1. The summed E-state index contributed by atoms with van der Waals surface area (Å²) in [6, 6.07) is 11.4. The first-order chi connectivity index (χ1) is 14.5. The molecule has 9 heteroatoms. The Kier molecular flexibility index (Phi) is 5.74. The number of fused-ring (bicyclic) bond motifs is 1. The summed E-state index contributed by atoms with van der Waals surface area (Å²) in [4.78, 5) is 41.8. The number of halogens is 1. The van der Waals surface area contributed by atoms with E-state index in [1.807, 2.05) is 47.2 Å². The van der Waals surface area contributed by atoms with Crippen molar-refractivity contribution in [3.05, 3.63) is 63.7 Å². The number of hydrogen-bond donors (Lipinski definition) is 0. The zero-order chi connectivity index (χ0) is 21.3. The third-order valence-corrected chi connectivity index (χ3v) is 6.07. The first kappa shape index (κ1) is 20.4. The molecule has 0 bridgehead atoms. The van der Waals surface area contributed by atoms with E-state index in [-0.39, 0.29) is 18.1 Å². The summed E-state index contributed by atoms with van der Waals surface area (Å²) in [7, 11) is 0. The second-order valence-corrected chi connectivity index (χ2v) is 8.23. The van der Waals surface area contributed by atoms with Crippen molar-refractivity contribution in [2.24, 2.45) is 0 Å². The molecule has 0 saturated carbocycles. The van der Waals surface area contributed by atoms with E-state index in [0.29, 0.717) is 0 Å². The molecule has 2 amide bonds. The summed E-state index contributed by atoms with van der Waals surface area (Å²) in [5.41, 5.74) is 2.52. The van der Waals surface area contributed by atoms with Crippen LogP contribution in [-0.2, 0) is 14.3 Å². The summed E-state index contributed by atoms with van der Waals surface area (Å²) in [6.45, 7) is 1.49. The van der Waals surface area contributed by atoms with Crippen LogP contribution in [0.25, 0.3) is 22.8 Å². The van der Waals surface area contributed by atoms with Crippen molar-refractivity contribution in [1.29, 1.82) is 0 Å². The van der Waals surface area contributed by atoms with Gasteiger partial charge in [-0.25, -0.2) is 4.98 Å². The molecule has 0 radical (unpaired) electrons. The molecule has 30 heavy (non-hydrogen) atoms. The molecule has 3 aromatic rings. The number of hydrogen-bond acceptors (Lipinski definition) is 6. The number of rotatable bonds is 5. The van der Waals surface area contributed by atoms with Crippen LogP contribution in [0, 0.1) is 0 Å². The SMILES string of the molecule is CCOC(=O)CN1C(=O)S/C(=C/c2ccc(-n3ccc4c(Br)ccnc43)cc2)C1=O. The molecule has 7 nitrogen and oxygen atoms in total. The Morgan fingerprint density at radius 2 is 1.97 bits per heavy atom. The van der Waals surface area contributed by atoms with E-state index in [1.54, 1.807) is 19.2 Å². The van der Waals surface area contributed by atoms with E-state index in [4.69, 9.17) is 4.74 Å². The van der Waals surface area contributed by atoms with Gasteiger partial charge in [-0.2, -0.15) is 0 Å². The van der Waals surface area contributed by atoms with E-state index >= 15 is 0 Å². The number of benzene rings is 1. The smallest absolute Gasteiger partial charge is 0.326 e. The Morgan fingerprint density at radius 1 is 1.20 bits per heavy atom. The van der Waals surface area contributed by atoms with Gasteiger partial charge in [0.15, 0.2) is 0 Å². The van der Waals surface area contributed by atoms with Crippen LogP contribution in [0.2, 0.25) is 0 Å². The monoisotopic (exact) mass is 485 g/mol.